The number of rotatable bonds is 8. The SMILES string of the molecule is Cc1ccc(CNC(=O)COC(=O)c2ccc(NS(=O)(=O)c3ccc4c(c3)OCCO4)cc2)cc1. The van der Waals surface area contributed by atoms with Crippen molar-refractivity contribution in [1.82, 2.24) is 5.32 Å². The molecule has 0 saturated carbocycles. The third kappa shape index (κ3) is 6.30. The Balaban J connectivity index is 1.29. The maximum atomic E-state index is 12.7. The van der Waals surface area contributed by atoms with Crippen LogP contribution in [0.1, 0.15) is 21.5 Å². The Morgan fingerprint density at radius 1 is 0.914 bits per heavy atom. The third-order valence-corrected chi connectivity index (χ3v) is 6.52. The van der Waals surface area contributed by atoms with Gasteiger partial charge < -0.3 is 19.5 Å². The zero-order valence-electron chi connectivity index (χ0n) is 18.9. The van der Waals surface area contributed by atoms with E-state index >= 15 is 0 Å². The molecule has 182 valence electrons. The Labute approximate surface area is 203 Å². The molecule has 9 nitrogen and oxygen atoms in total. The number of fused-ring (bicyclic) bond motifs is 1. The highest BCUT2D eigenvalue weighted by molar-refractivity contribution is 7.92. The number of hydrogen-bond acceptors (Lipinski definition) is 7. The molecule has 1 aliphatic rings. The van der Waals surface area contributed by atoms with Gasteiger partial charge in [-0.15, -0.1) is 0 Å². The van der Waals surface area contributed by atoms with Crippen LogP contribution in [0.4, 0.5) is 5.69 Å². The lowest BCUT2D eigenvalue weighted by Gasteiger charge is -2.19. The zero-order chi connectivity index (χ0) is 24.8. The highest BCUT2D eigenvalue weighted by Gasteiger charge is 2.20. The van der Waals surface area contributed by atoms with Crippen LogP contribution in [0.15, 0.2) is 71.6 Å². The number of hydrogen-bond donors (Lipinski definition) is 2. The molecule has 0 atom stereocenters. The first-order valence-electron chi connectivity index (χ1n) is 10.8. The first-order valence-corrected chi connectivity index (χ1v) is 12.3. The standard InChI is InChI=1S/C25H24N2O7S/c1-17-2-4-18(5-3-17)15-26-24(28)16-34-25(29)19-6-8-20(9-7-19)27-35(30,31)21-10-11-22-23(14-21)33-13-12-32-22/h2-11,14,27H,12-13,15-16H2,1H3,(H,26,28). The smallest absolute Gasteiger partial charge is 0.338 e. The van der Waals surface area contributed by atoms with E-state index < -0.39 is 28.5 Å². The third-order valence-electron chi connectivity index (χ3n) is 5.14. The molecule has 3 aromatic carbocycles. The lowest BCUT2D eigenvalue weighted by molar-refractivity contribution is -0.124. The molecule has 0 fully saturated rings. The van der Waals surface area contributed by atoms with Crippen LogP contribution in [-0.2, 0) is 26.1 Å². The number of sulfonamides is 1. The summed E-state index contributed by atoms with van der Waals surface area (Å²) in [5.74, 6) is -0.276. The number of amides is 1. The van der Waals surface area contributed by atoms with Crippen LogP contribution in [-0.4, -0.2) is 40.1 Å². The Morgan fingerprint density at radius 2 is 1.60 bits per heavy atom. The second-order valence-corrected chi connectivity index (χ2v) is 9.51. The van der Waals surface area contributed by atoms with Crippen molar-refractivity contribution < 1.29 is 32.2 Å². The van der Waals surface area contributed by atoms with Gasteiger partial charge in [0, 0.05) is 18.3 Å². The normalized spacial score (nSPS) is 12.5. The average Bonchev–Trinajstić information content (AvgIpc) is 2.87. The first kappa shape index (κ1) is 24.1. The predicted molar refractivity (Wildman–Crippen MR) is 128 cm³/mol. The second-order valence-electron chi connectivity index (χ2n) is 7.83. The minimum Gasteiger partial charge on any atom is -0.486 e. The number of anilines is 1. The topological polar surface area (TPSA) is 120 Å². The van der Waals surface area contributed by atoms with Gasteiger partial charge >= 0.3 is 5.97 Å². The summed E-state index contributed by atoms with van der Waals surface area (Å²) in [6.07, 6.45) is 0. The monoisotopic (exact) mass is 496 g/mol. The molecular formula is C25H24N2O7S. The summed E-state index contributed by atoms with van der Waals surface area (Å²) in [7, 11) is -3.89. The molecule has 3 aromatic rings. The summed E-state index contributed by atoms with van der Waals surface area (Å²) in [5, 5.41) is 2.69. The van der Waals surface area contributed by atoms with E-state index in [9.17, 15) is 18.0 Å². The van der Waals surface area contributed by atoms with Crippen LogP contribution < -0.4 is 19.5 Å². The van der Waals surface area contributed by atoms with Crippen molar-refractivity contribution in [3.05, 3.63) is 83.4 Å². The maximum absolute atomic E-state index is 12.7. The van der Waals surface area contributed by atoms with E-state index in [1.54, 1.807) is 6.07 Å². The van der Waals surface area contributed by atoms with Crippen LogP contribution in [0.2, 0.25) is 0 Å². The quantitative estimate of drug-likeness (QED) is 0.460. The van der Waals surface area contributed by atoms with E-state index in [1.165, 1.54) is 36.4 Å². The van der Waals surface area contributed by atoms with E-state index in [-0.39, 0.29) is 16.1 Å². The van der Waals surface area contributed by atoms with E-state index in [2.05, 4.69) is 10.0 Å². The predicted octanol–water partition coefficient (Wildman–Crippen LogP) is 3.04. The van der Waals surface area contributed by atoms with Gasteiger partial charge in [-0.3, -0.25) is 9.52 Å². The number of ether oxygens (including phenoxy) is 3. The molecule has 2 N–H and O–H groups in total. The molecule has 0 spiro atoms. The highest BCUT2D eigenvalue weighted by Crippen LogP contribution is 2.32. The fourth-order valence-electron chi connectivity index (χ4n) is 3.25. The number of esters is 1. The lowest BCUT2D eigenvalue weighted by Crippen LogP contribution is -2.28. The van der Waals surface area contributed by atoms with Gasteiger partial charge in [-0.1, -0.05) is 29.8 Å². The van der Waals surface area contributed by atoms with Gasteiger partial charge in [0.05, 0.1) is 10.5 Å². The summed E-state index contributed by atoms with van der Waals surface area (Å²) in [5.41, 5.74) is 2.49. The van der Waals surface area contributed by atoms with Crippen LogP contribution in [0.25, 0.3) is 0 Å². The summed E-state index contributed by atoms with van der Waals surface area (Å²) < 4.78 is 43.8. The summed E-state index contributed by atoms with van der Waals surface area (Å²) in [4.78, 5) is 24.2. The fraction of sp³-hybridized carbons (Fsp3) is 0.200. The number of benzene rings is 3. The molecule has 1 heterocycles. The van der Waals surface area contributed by atoms with E-state index in [4.69, 9.17) is 14.2 Å². The second kappa shape index (κ2) is 10.5. The van der Waals surface area contributed by atoms with Crippen LogP contribution >= 0.6 is 0 Å². The molecule has 4 rings (SSSR count). The van der Waals surface area contributed by atoms with Crippen molar-refractivity contribution >= 4 is 27.6 Å². The molecule has 0 aromatic heterocycles. The summed E-state index contributed by atoms with van der Waals surface area (Å²) in [6, 6.07) is 17.8. The minimum absolute atomic E-state index is 0.0156. The van der Waals surface area contributed by atoms with Gasteiger partial charge in [-0.25, -0.2) is 13.2 Å². The number of carbonyl (C=O) groups excluding carboxylic acids is 2. The van der Waals surface area contributed by atoms with Crippen molar-refractivity contribution in [1.29, 1.82) is 0 Å². The molecule has 0 saturated heterocycles. The van der Waals surface area contributed by atoms with Gasteiger partial charge in [-0.05, 0) is 48.9 Å². The van der Waals surface area contributed by atoms with Crippen molar-refractivity contribution in [2.24, 2.45) is 0 Å². The van der Waals surface area contributed by atoms with Crippen molar-refractivity contribution in [3.8, 4) is 11.5 Å². The van der Waals surface area contributed by atoms with Gasteiger partial charge in [0.1, 0.15) is 13.2 Å². The zero-order valence-corrected chi connectivity index (χ0v) is 19.8. The summed E-state index contributed by atoms with van der Waals surface area (Å²) in [6.45, 7) is 2.63. The van der Waals surface area contributed by atoms with Gasteiger partial charge in [0.15, 0.2) is 18.1 Å². The van der Waals surface area contributed by atoms with E-state index in [0.717, 1.165) is 11.1 Å². The van der Waals surface area contributed by atoms with Crippen molar-refractivity contribution in [2.45, 2.75) is 18.4 Å². The Bertz CT molecular complexity index is 1320. The van der Waals surface area contributed by atoms with Crippen LogP contribution in [0.3, 0.4) is 0 Å². The van der Waals surface area contributed by atoms with Crippen molar-refractivity contribution in [2.75, 3.05) is 24.5 Å². The molecule has 0 aliphatic carbocycles. The lowest BCUT2D eigenvalue weighted by atomic mass is 10.1. The maximum Gasteiger partial charge on any atom is 0.338 e. The number of aryl methyl sites for hydroxylation is 1. The van der Waals surface area contributed by atoms with Gasteiger partial charge in [0.2, 0.25) is 0 Å². The van der Waals surface area contributed by atoms with Crippen LogP contribution in [0, 0.1) is 6.92 Å². The minimum atomic E-state index is -3.89. The van der Waals surface area contributed by atoms with Crippen molar-refractivity contribution in [3.63, 3.8) is 0 Å². The highest BCUT2D eigenvalue weighted by atomic mass is 32.2. The molecule has 0 unspecified atom stereocenters. The molecule has 35 heavy (non-hydrogen) atoms. The van der Waals surface area contributed by atoms with Gasteiger partial charge in [0.25, 0.3) is 15.9 Å². The average molecular weight is 497 g/mol. The van der Waals surface area contributed by atoms with E-state index in [0.29, 0.717) is 31.3 Å². The number of nitrogens with one attached hydrogen (secondary N) is 2. The Morgan fingerprint density at radius 3 is 2.31 bits per heavy atom. The summed E-state index contributed by atoms with van der Waals surface area (Å²) >= 11 is 0. The van der Waals surface area contributed by atoms with E-state index in [1.807, 2.05) is 31.2 Å². The van der Waals surface area contributed by atoms with Gasteiger partial charge in [-0.2, -0.15) is 0 Å². The molecule has 1 aliphatic heterocycles. The Hall–Kier alpha value is -4.05. The molecule has 0 radical (unpaired) electrons. The first-order chi connectivity index (χ1) is 16.8. The fourth-order valence-corrected chi connectivity index (χ4v) is 4.32. The van der Waals surface area contributed by atoms with Crippen LogP contribution in [0.5, 0.6) is 11.5 Å². The molecule has 1 amide bonds. The Kier molecular flexibility index (Phi) is 7.21. The molecular weight excluding hydrogens is 472 g/mol. The largest absolute Gasteiger partial charge is 0.486 e. The molecule has 10 heteroatoms. The molecule has 0 bridgehead atoms. The number of carbonyl (C=O) groups is 2.